The summed E-state index contributed by atoms with van der Waals surface area (Å²) < 4.78 is 5.62. The first-order valence-electron chi connectivity index (χ1n) is 9.68. The van der Waals surface area contributed by atoms with Gasteiger partial charge in [-0.15, -0.1) is 0 Å². The Morgan fingerprint density at radius 3 is 2.48 bits per heavy atom. The molecule has 25 heavy (non-hydrogen) atoms. The van der Waals surface area contributed by atoms with Crippen molar-refractivity contribution in [3.8, 4) is 0 Å². The zero-order chi connectivity index (χ0) is 17.8. The second-order valence-electron chi connectivity index (χ2n) is 7.70. The van der Waals surface area contributed by atoms with Crippen molar-refractivity contribution < 1.29 is 4.74 Å². The van der Waals surface area contributed by atoms with Crippen LogP contribution in [0.5, 0.6) is 0 Å². The summed E-state index contributed by atoms with van der Waals surface area (Å²) >= 11 is 0. The molecule has 140 valence electrons. The van der Waals surface area contributed by atoms with Gasteiger partial charge in [0.05, 0.1) is 12.7 Å². The molecule has 0 aliphatic carbocycles. The van der Waals surface area contributed by atoms with E-state index in [2.05, 4.69) is 53.4 Å². The Bertz CT molecular complexity index is 557. The van der Waals surface area contributed by atoms with Crippen LogP contribution in [-0.4, -0.2) is 84.8 Å². The van der Waals surface area contributed by atoms with E-state index in [1.807, 2.05) is 0 Å². The quantitative estimate of drug-likeness (QED) is 0.809. The summed E-state index contributed by atoms with van der Waals surface area (Å²) in [5.41, 5.74) is 2.21. The zero-order valence-corrected chi connectivity index (χ0v) is 16.2. The summed E-state index contributed by atoms with van der Waals surface area (Å²) in [6, 6.07) is 2.10. The number of piperazine rings is 1. The molecular weight excluding hydrogens is 314 g/mol. The molecule has 3 heterocycles. The Balaban J connectivity index is 1.48. The molecule has 6 nitrogen and oxygen atoms in total. The Kier molecular flexibility index (Phi) is 6.25. The van der Waals surface area contributed by atoms with Gasteiger partial charge in [-0.3, -0.25) is 9.80 Å². The summed E-state index contributed by atoms with van der Waals surface area (Å²) in [6.07, 6.45) is 0.374. The van der Waals surface area contributed by atoms with Gasteiger partial charge in [-0.25, -0.2) is 9.97 Å². The van der Waals surface area contributed by atoms with Gasteiger partial charge in [0.2, 0.25) is 5.95 Å². The molecule has 0 bridgehead atoms. The molecular formula is C19H33N5O. The van der Waals surface area contributed by atoms with Gasteiger partial charge in [-0.1, -0.05) is 13.8 Å². The number of morpholine rings is 1. The van der Waals surface area contributed by atoms with Crippen LogP contribution in [-0.2, 0) is 4.74 Å². The van der Waals surface area contributed by atoms with Gasteiger partial charge in [0, 0.05) is 63.7 Å². The number of hydrogen-bond donors (Lipinski definition) is 0. The fraction of sp³-hybridized carbons (Fsp3) is 0.789. The normalized spacial score (nSPS) is 23.4. The second kappa shape index (κ2) is 8.43. The highest BCUT2D eigenvalue weighted by Gasteiger charge is 2.22. The third-order valence-corrected chi connectivity index (χ3v) is 5.17. The van der Waals surface area contributed by atoms with Gasteiger partial charge in [0.15, 0.2) is 0 Å². The number of aryl methyl sites for hydroxylation is 1. The number of hydrogen-bond acceptors (Lipinski definition) is 6. The van der Waals surface area contributed by atoms with Crippen LogP contribution in [0.25, 0.3) is 0 Å². The van der Waals surface area contributed by atoms with Gasteiger partial charge in [0.25, 0.3) is 0 Å². The minimum absolute atomic E-state index is 0.374. The van der Waals surface area contributed by atoms with E-state index in [4.69, 9.17) is 9.72 Å². The first kappa shape index (κ1) is 18.5. The maximum Gasteiger partial charge on any atom is 0.225 e. The van der Waals surface area contributed by atoms with E-state index in [9.17, 15) is 0 Å². The average Bonchev–Trinajstić information content (AvgIpc) is 2.60. The van der Waals surface area contributed by atoms with Gasteiger partial charge in [-0.05, 0) is 25.8 Å². The SMILES string of the molecule is Cc1cc(C(C)C)nc(N2CCN(CCN3CCO[C@@H](C)C3)CC2)n1. The molecule has 3 rings (SSSR count). The van der Waals surface area contributed by atoms with E-state index in [1.165, 1.54) is 0 Å². The molecule has 0 unspecified atom stereocenters. The van der Waals surface area contributed by atoms with Crippen LogP contribution in [0, 0.1) is 6.92 Å². The standard InChI is InChI=1S/C19H33N5O/c1-15(2)18-13-16(3)20-19(21-18)24-9-7-22(8-10-24)5-6-23-11-12-25-17(4)14-23/h13,15,17H,5-12,14H2,1-4H3/t17-/m0/s1. The molecule has 0 spiro atoms. The molecule has 2 fully saturated rings. The number of nitrogens with zero attached hydrogens (tertiary/aromatic N) is 5. The molecule has 0 saturated carbocycles. The van der Waals surface area contributed by atoms with Crippen LogP contribution in [0.1, 0.15) is 38.1 Å². The topological polar surface area (TPSA) is 44.7 Å². The van der Waals surface area contributed by atoms with E-state index in [0.29, 0.717) is 12.0 Å². The van der Waals surface area contributed by atoms with Crippen LogP contribution < -0.4 is 4.90 Å². The monoisotopic (exact) mass is 347 g/mol. The second-order valence-corrected chi connectivity index (χ2v) is 7.70. The lowest BCUT2D eigenvalue weighted by molar-refractivity contribution is -0.0207. The van der Waals surface area contributed by atoms with Crippen LogP contribution in [0.15, 0.2) is 6.07 Å². The number of ether oxygens (including phenoxy) is 1. The molecule has 0 aromatic carbocycles. The van der Waals surface area contributed by atoms with E-state index in [-0.39, 0.29) is 0 Å². The Morgan fingerprint density at radius 1 is 1.08 bits per heavy atom. The minimum atomic E-state index is 0.374. The van der Waals surface area contributed by atoms with Gasteiger partial charge < -0.3 is 9.64 Å². The lowest BCUT2D eigenvalue weighted by atomic mass is 10.1. The van der Waals surface area contributed by atoms with Gasteiger partial charge >= 0.3 is 0 Å². The van der Waals surface area contributed by atoms with Crippen molar-refractivity contribution in [3.63, 3.8) is 0 Å². The smallest absolute Gasteiger partial charge is 0.225 e. The predicted molar refractivity (Wildman–Crippen MR) is 101 cm³/mol. The molecule has 6 heteroatoms. The molecule has 0 N–H and O–H groups in total. The summed E-state index contributed by atoms with van der Waals surface area (Å²) in [5, 5.41) is 0. The summed E-state index contributed by atoms with van der Waals surface area (Å²) in [5.74, 6) is 1.35. The molecule has 0 radical (unpaired) electrons. The van der Waals surface area contributed by atoms with Gasteiger partial charge in [-0.2, -0.15) is 0 Å². The Morgan fingerprint density at radius 2 is 1.80 bits per heavy atom. The first-order valence-corrected chi connectivity index (χ1v) is 9.68. The number of aromatic nitrogens is 2. The lowest BCUT2D eigenvalue weighted by Gasteiger charge is -2.37. The molecule has 1 aromatic rings. The predicted octanol–water partition coefficient (Wildman–Crippen LogP) is 1.75. The van der Waals surface area contributed by atoms with Crippen molar-refractivity contribution in [2.75, 3.05) is 63.9 Å². The number of anilines is 1. The zero-order valence-electron chi connectivity index (χ0n) is 16.2. The maximum absolute atomic E-state index is 5.62. The van der Waals surface area contributed by atoms with Crippen molar-refractivity contribution in [2.45, 2.75) is 39.7 Å². The highest BCUT2D eigenvalue weighted by Crippen LogP contribution is 2.18. The van der Waals surface area contributed by atoms with Crippen LogP contribution in [0.2, 0.25) is 0 Å². The van der Waals surface area contributed by atoms with E-state index in [1.54, 1.807) is 0 Å². The molecule has 2 saturated heterocycles. The fourth-order valence-electron chi connectivity index (χ4n) is 3.56. The van der Waals surface area contributed by atoms with Crippen LogP contribution in [0.4, 0.5) is 5.95 Å². The highest BCUT2D eigenvalue weighted by atomic mass is 16.5. The Hall–Kier alpha value is -1.24. The van der Waals surface area contributed by atoms with Gasteiger partial charge in [0.1, 0.15) is 0 Å². The highest BCUT2D eigenvalue weighted by molar-refractivity contribution is 5.33. The molecule has 2 aliphatic heterocycles. The van der Waals surface area contributed by atoms with E-state index >= 15 is 0 Å². The largest absolute Gasteiger partial charge is 0.376 e. The Labute approximate surface area is 152 Å². The molecule has 1 aromatic heterocycles. The van der Waals surface area contributed by atoms with Crippen molar-refractivity contribution >= 4 is 5.95 Å². The maximum atomic E-state index is 5.62. The third kappa shape index (κ3) is 5.12. The molecule has 2 aliphatic rings. The minimum Gasteiger partial charge on any atom is -0.376 e. The molecule has 1 atom stereocenters. The van der Waals surface area contributed by atoms with Crippen molar-refractivity contribution in [1.82, 2.24) is 19.8 Å². The van der Waals surface area contributed by atoms with Crippen molar-refractivity contribution in [3.05, 3.63) is 17.5 Å². The first-order chi connectivity index (χ1) is 12.0. The van der Waals surface area contributed by atoms with Crippen molar-refractivity contribution in [2.24, 2.45) is 0 Å². The van der Waals surface area contributed by atoms with Crippen LogP contribution in [0.3, 0.4) is 0 Å². The molecule has 0 amide bonds. The summed E-state index contributed by atoms with van der Waals surface area (Å²) in [7, 11) is 0. The third-order valence-electron chi connectivity index (χ3n) is 5.17. The van der Waals surface area contributed by atoms with E-state index < -0.39 is 0 Å². The van der Waals surface area contributed by atoms with Crippen molar-refractivity contribution in [1.29, 1.82) is 0 Å². The number of rotatable bonds is 5. The fourth-order valence-corrected chi connectivity index (χ4v) is 3.56. The lowest BCUT2D eigenvalue weighted by Crippen LogP contribution is -2.50. The summed E-state index contributed by atoms with van der Waals surface area (Å²) in [4.78, 5) is 16.9. The van der Waals surface area contributed by atoms with E-state index in [0.717, 1.165) is 76.3 Å². The van der Waals surface area contributed by atoms with Crippen LogP contribution >= 0.6 is 0 Å². The average molecular weight is 348 g/mol. The summed E-state index contributed by atoms with van der Waals surface area (Å²) in [6.45, 7) is 18.1.